The van der Waals surface area contributed by atoms with Crippen molar-refractivity contribution < 1.29 is 32.6 Å². The third kappa shape index (κ3) is 9.06. The van der Waals surface area contributed by atoms with E-state index in [1.807, 2.05) is 0 Å². The zero-order chi connectivity index (χ0) is 26.3. The molecule has 8 nitrogen and oxygen atoms in total. The van der Waals surface area contributed by atoms with Crippen LogP contribution in [0.25, 0.3) is 0 Å². The van der Waals surface area contributed by atoms with Gasteiger partial charge in [-0.2, -0.15) is 13.2 Å². The van der Waals surface area contributed by atoms with E-state index >= 15 is 0 Å². The van der Waals surface area contributed by atoms with E-state index in [-0.39, 0.29) is 13.0 Å². The molecule has 0 aromatic rings. The average Bonchev–Trinajstić information content (AvgIpc) is 3.20. The van der Waals surface area contributed by atoms with Crippen molar-refractivity contribution in [2.75, 3.05) is 19.6 Å². The molecule has 11 heteroatoms. The largest absolute Gasteiger partial charge is 0.457 e. The number of carbonyl (C=O) groups is 2. The Bertz CT molecular complexity index is 718. The molecule has 4 N–H and O–H groups in total. The van der Waals surface area contributed by atoms with Crippen LogP contribution in [0.3, 0.4) is 0 Å². The maximum Gasteiger partial charge on any atom is 0.457 e. The third-order valence-corrected chi connectivity index (χ3v) is 7.60. The first-order valence-electron chi connectivity index (χ1n) is 13.5. The Morgan fingerprint density at radius 1 is 1.11 bits per heavy atom. The fourth-order valence-electron chi connectivity index (χ4n) is 5.76. The van der Waals surface area contributed by atoms with Crippen molar-refractivity contribution in [3.8, 4) is 0 Å². The second kappa shape index (κ2) is 13.3. The summed E-state index contributed by atoms with van der Waals surface area (Å²) < 4.78 is 43.6. The number of hydrogen-bond acceptors (Lipinski definition) is 6. The van der Waals surface area contributed by atoms with E-state index in [1.165, 1.54) is 11.3 Å². The van der Waals surface area contributed by atoms with Gasteiger partial charge in [-0.25, -0.2) is 10.1 Å². The minimum atomic E-state index is -4.47. The van der Waals surface area contributed by atoms with Crippen LogP contribution < -0.4 is 16.0 Å². The first-order valence-corrected chi connectivity index (χ1v) is 13.5. The molecule has 5 atom stereocenters. The van der Waals surface area contributed by atoms with Gasteiger partial charge in [0.2, 0.25) is 0 Å². The molecule has 0 spiro atoms. The summed E-state index contributed by atoms with van der Waals surface area (Å²) >= 11 is 0. The number of aliphatic hydroxyl groups excluding tert-OH is 1. The molecule has 2 saturated carbocycles. The van der Waals surface area contributed by atoms with Crippen LogP contribution in [0.1, 0.15) is 78.1 Å². The van der Waals surface area contributed by atoms with Gasteiger partial charge in [-0.05, 0) is 50.5 Å². The van der Waals surface area contributed by atoms with Gasteiger partial charge >= 0.3 is 12.4 Å². The fourth-order valence-corrected chi connectivity index (χ4v) is 5.76. The lowest BCUT2D eigenvalue weighted by Crippen LogP contribution is -2.52. The van der Waals surface area contributed by atoms with Crippen molar-refractivity contribution in [1.29, 1.82) is 0 Å². The second-order valence-corrected chi connectivity index (χ2v) is 11.2. The third-order valence-electron chi connectivity index (χ3n) is 7.60. The Labute approximate surface area is 212 Å². The molecule has 2 unspecified atom stereocenters. The highest BCUT2D eigenvalue weighted by Crippen LogP contribution is 2.30. The number of hydrogen-bond donors (Lipinski definition) is 4. The van der Waals surface area contributed by atoms with E-state index in [4.69, 9.17) is 4.74 Å². The summed E-state index contributed by atoms with van der Waals surface area (Å²) in [5.41, 5.74) is 0. The summed E-state index contributed by atoms with van der Waals surface area (Å²) in [5.74, 6) is 0.389. The highest BCUT2D eigenvalue weighted by molar-refractivity contribution is 5.86. The van der Waals surface area contributed by atoms with Gasteiger partial charge < -0.3 is 25.4 Å². The van der Waals surface area contributed by atoms with E-state index < -0.39 is 48.6 Å². The maximum atomic E-state index is 13.1. The maximum absolute atomic E-state index is 13.1. The monoisotopic (exact) mass is 520 g/mol. The van der Waals surface area contributed by atoms with E-state index in [0.717, 1.165) is 32.2 Å². The molecule has 208 valence electrons. The molecule has 3 fully saturated rings. The van der Waals surface area contributed by atoms with Crippen LogP contribution in [-0.4, -0.2) is 78.3 Å². The summed E-state index contributed by atoms with van der Waals surface area (Å²) in [5, 5.41) is 18.7. The number of alkyl halides is 3. The van der Waals surface area contributed by atoms with Crippen LogP contribution >= 0.6 is 0 Å². The number of amides is 2. The molecule has 1 saturated heterocycles. The molecular formula is C25H43F3N4O4. The number of cyclic esters (lactones) is 1. The van der Waals surface area contributed by atoms with Crippen molar-refractivity contribution in [3.05, 3.63) is 0 Å². The van der Waals surface area contributed by atoms with Gasteiger partial charge in [0.1, 0.15) is 0 Å². The molecule has 36 heavy (non-hydrogen) atoms. The van der Waals surface area contributed by atoms with Crippen molar-refractivity contribution in [1.82, 2.24) is 20.9 Å². The SMILES string of the molecule is CC(C)CNC[C@@H](O)[C@H](CC1CCCCC1)NC(=O)[C@@H]1CN(C2CCCC(NC(F)(F)F)C2)C(=O)O1. The summed E-state index contributed by atoms with van der Waals surface area (Å²) in [6, 6.07) is -1.64. The lowest BCUT2D eigenvalue weighted by atomic mass is 9.83. The van der Waals surface area contributed by atoms with E-state index in [2.05, 4.69) is 24.5 Å². The molecule has 0 aromatic heterocycles. The van der Waals surface area contributed by atoms with Crippen LogP contribution in [0.2, 0.25) is 0 Å². The number of carbonyl (C=O) groups excluding carboxylic acids is 2. The Morgan fingerprint density at radius 3 is 2.50 bits per heavy atom. The number of nitrogens with zero attached hydrogens (tertiary/aromatic N) is 1. The predicted octanol–water partition coefficient (Wildman–Crippen LogP) is 3.29. The zero-order valence-electron chi connectivity index (χ0n) is 21.5. The highest BCUT2D eigenvalue weighted by Gasteiger charge is 2.43. The molecule has 1 aliphatic heterocycles. The van der Waals surface area contributed by atoms with Crippen LogP contribution in [0.5, 0.6) is 0 Å². The van der Waals surface area contributed by atoms with Crippen LogP contribution in [-0.2, 0) is 9.53 Å². The van der Waals surface area contributed by atoms with E-state index in [1.54, 1.807) is 5.32 Å². The van der Waals surface area contributed by atoms with Gasteiger partial charge in [0.25, 0.3) is 5.91 Å². The normalized spacial score (nSPS) is 27.7. The summed E-state index contributed by atoms with van der Waals surface area (Å²) in [4.78, 5) is 27.0. The van der Waals surface area contributed by atoms with E-state index in [0.29, 0.717) is 44.1 Å². The fraction of sp³-hybridized carbons (Fsp3) is 0.920. The number of rotatable bonds is 11. The number of ether oxygens (including phenoxy) is 1. The lowest BCUT2D eigenvalue weighted by Gasteiger charge is -2.34. The predicted molar refractivity (Wildman–Crippen MR) is 129 cm³/mol. The highest BCUT2D eigenvalue weighted by atomic mass is 19.4. The molecule has 0 aromatic carbocycles. The minimum absolute atomic E-state index is 0.00587. The average molecular weight is 521 g/mol. The van der Waals surface area contributed by atoms with Crippen molar-refractivity contribution in [2.24, 2.45) is 11.8 Å². The quantitative estimate of drug-likeness (QED) is 0.312. The van der Waals surface area contributed by atoms with Crippen LogP contribution in [0.4, 0.5) is 18.0 Å². The van der Waals surface area contributed by atoms with Gasteiger partial charge in [0.15, 0.2) is 6.10 Å². The topological polar surface area (TPSA) is 103 Å². The smallest absolute Gasteiger partial charge is 0.434 e. The lowest BCUT2D eigenvalue weighted by molar-refractivity contribution is -0.166. The summed E-state index contributed by atoms with van der Waals surface area (Å²) in [6.45, 7) is 5.26. The van der Waals surface area contributed by atoms with Gasteiger partial charge in [0.05, 0.1) is 18.7 Å². The van der Waals surface area contributed by atoms with E-state index in [9.17, 15) is 27.9 Å². The van der Waals surface area contributed by atoms with Gasteiger partial charge in [-0.3, -0.25) is 4.79 Å². The first-order chi connectivity index (χ1) is 17.0. The second-order valence-electron chi connectivity index (χ2n) is 11.2. The Morgan fingerprint density at radius 2 is 1.83 bits per heavy atom. The summed E-state index contributed by atoms with van der Waals surface area (Å²) in [7, 11) is 0. The van der Waals surface area contributed by atoms with Gasteiger partial charge in [-0.15, -0.1) is 0 Å². The Kier molecular flexibility index (Phi) is 10.7. The molecular weight excluding hydrogens is 477 g/mol. The Balaban J connectivity index is 1.57. The summed E-state index contributed by atoms with van der Waals surface area (Å²) in [6.07, 6.45) is 1.00. The molecule has 0 radical (unpaired) electrons. The molecule has 3 rings (SSSR count). The van der Waals surface area contributed by atoms with Crippen LogP contribution in [0, 0.1) is 11.8 Å². The molecule has 0 bridgehead atoms. The number of halogens is 3. The van der Waals surface area contributed by atoms with Gasteiger partial charge in [0, 0.05) is 18.6 Å². The van der Waals surface area contributed by atoms with Crippen molar-refractivity contribution >= 4 is 12.0 Å². The van der Waals surface area contributed by atoms with Crippen molar-refractivity contribution in [3.63, 3.8) is 0 Å². The molecule has 3 aliphatic rings. The number of nitrogens with one attached hydrogen (secondary N) is 3. The molecule has 2 aliphatic carbocycles. The molecule has 1 heterocycles. The van der Waals surface area contributed by atoms with Crippen molar-refractivity contribution in [2.45, 2.75) is 115 Å². The number of aliphatic hydroxyl groups is 1. The van der Waals surface area contributed by atoms with Gasteiger partial charge in [-0.1, -0.05) is 46.0 Å². The Hall–Kier alpha value is -1.59. The zero-order valence-corrected chi connectivity index (χ0v) is 21.5. The molecule has 2 amide bonds. The first kappa shape index (κ1) is 29.0. The van der Waals surface area contributed by atoms with Crippen LogP contribution in [0.15, 0.2) is 0 Å². The minimum Gasteiger partial charge on any atom is -0.434 e. The standard InChI is InChI=1S/C25H43F3N4O4/c1-16(2)13-29-14-21(33)20(11-17-7-4-3-5-8-17)30-23(34)22-15-32(24(35)36-22)19-10-6-9-18(12-19)31-25(26,27)28/h16-22,29,31,33H,3-15H2,1-2H3,(H,30,34)/t18?,19?,20-,21+,22-/m0/s1.